The van der Waals surface area contributed by atoms with Crippen LogP contribution in [0.15, 0.2) is 35.8 Å². The third-order valence-corrected chi connectivity index (χ3v) is 6.34. The van der Waals surface area contributed by atoms with Gasteiger partial charge >= 0.3 is 6.09 Å². The highest BCUT2D eigenvalue weighted by atomic mass is 32.1. The van der Waals surface area contributed by atoms with Crippen molar-refractivity contribution < 1.29 is 19.1 Å². The number of alkyl carbamates (subject to hydrolysis) is 1. The van der Waals surface area contributed by atoms with Gasteiger partial charge in [0.15, 0.2) is 0 Å². The highest BCUT2D eigenvalue weighted by molar-refractivity contribution is 7.13. The lowest BCUT2D eigenvalue weighted by Gasteiger charge is -2.35. The van der Waals surface area contributed by atoms with Crippen molar-refractivity contribution in [2.45, 2.75) is 45.8 Å². The average molecular weight is 460 g/mol. The summed E-state index contributed by atoms with van der Waals surface area (Å²) in [6.07, 6.45) is 1.24. The Bertz CT molecular complexity index is 885. The van der Waals surface area contributed by atoms with Crippen LogP contribution in [0.3, 0.4) is 0 Å². The van der Waals surface area contributed by atoms with E-state index in [2.05, 4.69) is 20.8 Å². The molecule has 1 aromatic heterocycles. The number of hydrogen-bond donors (Lipinski definition) is 2. The van der Waals surface area contributed by atoms with Gasteiger partial charge < -0.3 is 20.3 Å². The van der Waals surface area contributed by atoms with Crippen molar-refractivity contribution in [3.05, 3.63) is 41.4 Å². The summed E-state index contributed by atoms with van der Waals surface area (Å²) in [5, 5.41) is 13.5. The van der Waals surface area contributed by atoms with Gasteiger partial charge in [0.2, 0.25) is 16.9 Å². The number of anilines is 1. The molecule has 9 nitrogen and oxygen atoms in total. The molecule has 1 aliphatic rings. The topological polar surface area (TPSA) is 114 Å². The molecule has 172 valence electrons. The molecule has 1 aliphatic heterocycles. The third kappa shape index (κ3) is 6.49. The zero-order valence-corrected chi connectivity index (χ0v) is 19.1. The SMILES string of the molecule is CC[C@H](C)[C@H](NC(=O)OCc1ccccc1)C(=O)N1CCC(C(=O)Nc2nncs2)CC1. The lowest BCUT2D eigenvalue weighted by atomic mass is 9.93. The van der Waals surface area contributed by atoms with Crippen LogP contribution in [0.2, 0.25) is 0 Å². The Balaban J connectivity index is 1.51. The first kappa shape index (κ1) is 23.6. The van der Waals surface area contributed by atoms with E-state index < -0.39 is 12.1 Å². The number of hydrogen-bond acceptors (Lipinski definition) is 7. The Hall–Kier alpha value is -3.01. The van der Waals surface area contributed by atoms with E-state index in [0.717, 1.165) is 12.0 Å². The predicted molar refractivity (Wildman–Crippen MR) is 121 cm³/mol. The normalized spacial score (nSPS) is 16.1. The summed E-state index contributed by atoms with van der Waals surface area (Å²) in [5.74, 6) is -0.479. The molecule has 0 aliphatic carbocycles. The fraction of sp³-hybridized carbons (Fsp3) is 0.500. The van der Waals surface area contributed by atoms with E-state index in [-0.39, 0.29) is 30.3 Å². The summed E-state index contributed by atoms with van der Waals surface area (Å²) in [6, 6.07) is 8.71. The van der Waals surface area contributed by atoms with E-state index in [0.29, 0.717) is 31.1 Å². The second-order valence-electron chi connectivity index (χ2n) is 7.90. The van der Waals surface area contributed by atoms with Crippen LogP contribution in [-0.2, 0) is 20.9 Å². The summed E-state index contributed by atoms with van der Waals surface area (Å²) in [7, 11) is 0. The standard InChI is InChI=1S/C22H29N5O4S/c1-3-15(2)18(24-22(30)31-13-16-7-5-4-6-8-16)20(29)27-11-9-17(10-12-27)19(28)25-21-26-23-14-32-21/h4-8,14-15,17-18H,3,9-13H2,1-2H3,(H,24,30)(H,25,26,28)/t15-,18-/m0/s1. The highest BCUT2D eigenvalue weighted by Gasteiger charge is 2.34. The average Bonchev–Trinajstić information content (AvgIpc) is 3.34. The predicted octanol–water partition coefficient (Wildman–Crippen LogP) is 3.06. The molecule has 10 heteroatoms. The van der Waals surface area contributed by atoms with E-state index in [1.165, 1.54) is 11.3 Å². The number of rotatable bonds is 8. The van der Waals surface area contributed by atoms with Crippen LogP contribution in [0.25, 0.3) is 0 Å². The molecular weight excluding hydrogens is 430 g/mol. The minimum atomic E-state index is -0.671. The van der Waals surface area contributed by atoms with E-state index in [9.17, 15) is 14.4 Å². The summed E-state index contributed by atoms with van der Waals surface area (Å²) in [4.78, 5) is 39.7. The van der Waals surface area contributed by atoms with Gasteiger partial charge in [-0.05, 0) is 24.3 Å². The number of ether oxygens (including phenoxy) is 1. The molecule has 2 N–H and O–H groups in total. The molecule has 1 saturated heterocycles. The summed E-state index contributed by atoms with van der Waals surface area (Å²) >= 11 is 1.27. The van der Waals surface area contributed by atoms with Crippen molar-refractivity contribution in [1.82, 2.24) is 20.4 Å². The smallest absolute Gasteiger partial charge is 0.408 e. The molecule has 3 amide bonds. The Labute approximate surface area is 191 Å². The summed E-state index contributed by atoms with van der Waals surface area (Å²) in [5.41, 5.74) is 2.44. The molecule has 32 heavy (non-hydrogen) atoms. The van der Waals surface area contributed by atoms with Gasteiger partial charge in [0, 0.05) is 19.0 Å². The van der Waals surface area contributed by atoms with Crippen molar-refractivity contribution in [2.75, 3.05) is 18.4 Å². The quantitative estimate of drug-likeness (QED) is 0.627. The first-order chi connectivity index (χ1) is 15.5. The first-order valence-corrected chi connectivity index (χ1v) is 11.7. The van der Waals surface area contributed by atoms with Gasteiger partial charge in [-0.2, -0.15) is 0 Å². The largest absolute Gasteiger partial charge is 0.445 e. The van der Waals surface area contributed by atoms with Gasteiger partial charge in [0.05, 0.1) is 0 Å². The number of piperidine rings is 1. The second-order valence-corrected chi connectivity index (χ2v) is 8.74. The van der Waals surface area contributed by atoms with Gasteiger partial charge in [-0.3, -0.25) is 9.59 Å². The van der Waals surface area contributed by atoms with Crippen molar-refractivity contribution in [3.63, 3.8) is 0 Å². The zero-order valence-electron chi connectivity index (χ0n) is 18.3. The molecule has 2 atom stereocenters. The van der Waals surface area contributed by atoms with Gasteiger partial charge in [0.25, 0.3) is 0 Å². The van der Waals surface area contributed by atoms with Crippen molar-refractivity contribution >= 4 is 34.4 Å². The van der Waals surface area contributed by atoms with Gasteiger partial charge in [0.1, 0.15) is 18.2 Å². The number of aromatic nitrogens is 2. The molecule has 0 unspecified atom stereocenters. The molecule has 0 radical (unpaired) electrons. The fourth-order valence-corrected chi connectivity index (χ4v) is 4.02. The summed E-state index contributed by atoms with van der Waals surface area (Å²) < 4.78 is 5.31. The van der Waals surface area contributed by atoms with Gasteiger partial charge in [-0.15, -0.1) is 10.2 Å². The van der Waals surface area contributed by atoms with Crippen LogP contribution in [-0.4, -0.2) is 52.1 Å². The number of carbonyl (C=O) groups is 3. The maximum atomic E-state index is 13.2. The van der Waals surface area contributed by atoms with Crippen LogP contribution >= 0.6 is 11.3 Å². The van der Waals surface area contributed by atoms with Crippen molar-refractivity contribution in [2.24, 2.45) is 11.8 Å². The highest BCUT2D eigenvalue weighted by Crippen LogP contribution is 2.22. The molecule has 0 saturated carbocycles. The molecule has 0 spiro atoms. The lowest BCUT2D eigenvalue weighted by Crippen LogP contribution is -2.54. The van der Waals surface area contributed by atoms with Crippen molar-refractivity contribution in [3.8, 4) is 0 Å². The Kier molecular flexibility index (Phi) is 8.55. The number of likely N-dealkylation sites (tertiary alicyclic amines) is 1. The number of amides is 3. The molecular formula is C22H29N5O4S. The lowest BCUT2D eigenvalue weighted by molar-refractivity contribution is -0.137. The Morgan fingerprint density at radius 3 is 2.56 bits per heavy atom. The van der Waals surface area contributed by atoms with E-state index in [4.69, 9.17) is 4.74 Å². The second kappa shape index (κ2) is 11.6. The van der Waals surface area contributed by atoms with Gasteiger partial charge in [-0.1, -0.05) is 61.9 Å². The summed E-state index contributed by atoms with van der Waals surface area (Å²) in [6.45, 7) is 4.97. The minimum Gasteiger partial charge on any atom is -0.445 e. The van der Waals surface area contributed by atoms with Crippen LogP contribution in [0.4, 0.5) is 9.93 Å². The first-order valence-electron chi connectivity index (χ1n) is 10.8. The molecule has 2 heterocycles. The molecule has 0 bridgehead atoms. The number of nitrogens with zero attached hydrogens (tertiary/aromatic N) is 3. The Morgan fingerprint density at radius 1 is 1.22 bits per heavy atom. The van der Waals surface area contributed by atoms with E-state index in [1.807, 2.05) is 44.2 Å². The fourth-order valence-electron chi connectivity index (χ4n) is 3.57. The monoisotopic (exact) mass is 459 g/mol. The van der Waals surface area contributed by atoms with Crippen LogP contribution in [0.1, 0.15) is 38.7 Å². The molecule has 2 aromatic rings. The zero-order chi connectivity index (χ0) is 22.9. The molecule has 3 rings (SSSR count). The minimum absolute atomic E-state index is 0.0507. The molecule has 1 aromatic carbocycles. The van der Waals surface area contributed by atoms with Crippen molar-refractivity contribution in [1.29, 1.82) is 0 Å². The maximum Gasteiger partial charge on any atom is 0.408 e. The van der Waals surface area contributed by atoms with Crippen LogP contribution in [0.5, 0.6) is 0 Å². The Morgan fingerprint density at radius 2 is 1.94 bits per heavy atom. The van der Waals surface area contributed by atoms with E-state index in [1.54, 1.807) is 10.4 Å². The molecule has 1 fully saturated rings. The van der Waals surface area contributed by atoms with Crippen LogP contribution in [0, 0.1) is 11.8 Å². The van der Waals surface area contributed by atoms with Crippen LogP contribution < -0.4 is 10.6 Å². The van der Waals surface area contributed by atoms with E-state index >= 15 is 0 Å². The third-order valence-electron chi connectivity index (χ3n) is 5.73. The number of benzene rings is 1. The number of nitrogens with one attached hydrogen (secondary N) is 2. The van der Waals surface area contributed by atoms with Gasteiger partial charge in [-0.25, -0.2) is 4.79 Å². The maximum absolute atomic E-state index is 13.2. The number of carbonyl (C=O) groups excluding carboxylic acids is 3.